The highest BCUT2D eigenvalue weighted by atomic mass is 79.9. The van der Waals surface area contributed by atoms with Crippen LogP contribution in [-0.4, -0.2) is 30.8 Å². The van der Waals surface area contributed by atoms with Crippen molar-refractivity contribution in [3.8, 4) is 0 Å². The zero-order chi connectivity index (χ0) is 12.3. The first-order valence-corrected chi connectivity index (χ1v) is 6.86. The predicted molar refractivity (Wildman–Crippen MR) is 72.0 cm³/mol. The first-order chi connectivity index (χ1) is 8.19. The van der Waals surface area contributed by atoms with Crippen molar-refractivity contribution >= 4 is 15.9 Å². The molecule has 94 valence electrons. The number of nitrogens with zero attached hydrogens (tertiary/aromatic N) is 1. The van der Waals surface area contributed by atoms with Gasteiger partial charge in [-0.25, -0.2) is 0 Å². The van der Waals surface area contributed by atoms with Gasteiger partial charge in [0, 0.05) is 28.8 Å². The lowest BCUT2D eigenvalue weighted by Gasteiger charge is -2.22. The first kappa shape index (κ1) is 13.0. The summed E-state index contributed by atoms with van der Waals surface area (Å²) >= 11 is 3.46. The van der Waals surface area contributed by atoms with Gasteiger partial charge in [-0.15, -0.1) is 0 Å². The average Bonchev–Trinajstić information content (AvgIpc) is 2.73. The molecule has 0 amide bonds. The van der Waals surface area contributed by atoms with E-state index in [4.69, 9.17) is 4.74 Å². The number of nitrogens with one attached hydrogen (secondary N) is 1. The van der Waals surface area contributed by atoms with Gasteiger partial charge in [-0.05, 0) is 54.4 Å². The Morgan fingerprint density at radius 3 is 3.00 bits per heavy atom. The third-order valence-electron chi connectivity index (χ3n) is 3.39. The van der Waals surface area contributed by atoms with E-state index in [0.29, 0.717) is 18.1 Å². The van der Waals surface area contributed by atoms with Crippen LogP contribution in [0.4, 0.5) is 0 Å². The molecule has 1 N–H and O–H groups in total. The van der Waals surface area contributed by atoms with Crippen LogP contribution in [0.5, 0.6) is 0 Å². The monoisotopic (exact) mass is 298 g/mol. The SMILES string of the molecule is CNC(Cc1cncc(Br)c1)C1COC(C)C1. The van der Waals surface area contributed by atoms with E-state index in [1.807, 2.05) is 19.4 Å². The van der Waals surface area contributed by atoms with Gasteiger partial charge in [0.1, 0.15) is 0 Å². The maximum Gasteiger partial charge on any atom is 0.0551 e. The summed E-state index contributed by atoms with van der Waals surface area (Å²) in [5.41, 5.74) is 1.26. The summed E-state index contributed by atoms with van der Waals surface area (Å²) in [7, 11) is 2.03. The number of likely N-dealkylation sites (N-methyl/N-ethyl adjacent to an activating group) is 1. The Kier molecular flexibility index (Phi) is 4.54. The van der Waals surface area contributed by atoms with Crippen molar-refractivity contribution in [2.75, 3.05) is 13.7 Å². The summed E-state index contributed by atoms with van der Waals surface area (Å²) in [6, 6.07) is 2.60. The topological polar surface area (TPSA) is 34.2 Å². The largest absolute Gasteiger partial charge is 0.378 e. The van der Waals surface area contributed by atoms with E-state index in [0.717, 1.165) is 23.9 Å². The molecule has 17 heavy (non-hydrogen) atoms. The fourth-order valence-electron chi connectivity index (χ4n) is 2.46. The van der Waals surface area contributed by atoms with Crippen LogP contribution in [0.15, 0.2) is 22.9 Å². The molecule has 3 nitrogen and oxygen atoms in total. The Morgan fingerprint density at radius 1 is 1.59 bits per heavy atom. The van der Waals surface area contributed by atoms with Gasteiger partial charge in [-0.3, -0.25) is 4.98 Å². The lowest BCUT2D eigenvalue weighted by atomic mass is 9.92. The Bertz CT molecular complexity index is 372. The van der Waals surface area contributed by atoms with E-state index >= 15 is 0 Å². The summed E-state index contributed by atoms with van der Waals surface area (Å²) in [6.07, 6.45) is 6.31. The minimum atomic E-state index is 0.400. The van der Waals surface area contributed by atoms with Gasteiger partial charge < -0.3 is 10.1 Å². The molecule has 1 saturated heterocycles. The summed E-state index contributed by atoms with van der Waals surface area (Å²) in [5, 5.41) is 3.41. The highest BCUT2D eigenvalue weighted by Crippen LogP contribution is 2.24. The smallest absolute Gasteiger partial charge is 0.0551 e. The molecule has 2 heterocycles. The number of hydrogen-bond acceptors (Lipinski definition) is 3. The summed E-state index contributed by atoms with van der Waals surface area (Å²) in [5.74, 6) is 0.606. The molecule has 4 heteroatoms. The molecule has 1 aromatic rings. The summed E-state index contributed by atoms with van der Waals surface area (Å²) < 4.78 is 6.69. The maximum atomic E-state index is 5.64. The molecule has 1 aliphatic heterocycles. The standard InChI is InChI=1S/C13H19BrN2O/c1-9-3-11(8-17-9)13(15-2)5-10-4-12(14)7-16-6-10/h4,6-7,9,11,13,15H,3,5,8H2,1-2H3. The highest BCUT2D eigenvalue weighted by molar-refractivity contribution is 9.10. The van der Waals surface area contributed by atoms with Crippen LogP contribution >= 0.6 is 15.9 Å². The normalized spacial score (nSPS) is 26.1. The van der Waals surface area contributed by atoms with E-state index < -0.39 is 0 Å². The van der Waals surface area contributed by atoms with Crippen molar-refractivity contribution in [1.82, 2.24) is 10.3 Å². The molecule has 0 spiro atoms. The molecule has 0 aliphatic carbocycles. The third kappa shape index (κ3) is 3.50. The fraction of sp³-hybridized carbons (Fsp3) is 0.615. The lowest BCUT2D eigenvalue weighted by molar-refractivity contribution is 0.117. The molecule has 0 bridgehead atoms. The van der Waals surface area contributed by atoms with Gasteiger partial charge in [-0.2, -0.15) is 0 Å². The Balaban J connectivity index is 2.00. The number of rotatable bonds is 4. The Morgan fingerprint density at radius 2 is 2.41 bits per heavy atom. The van der Waals surface area contributed by atoms with E-state index in [2.05, 4.69) is 39.2 Å². The molecule has 1 aromatic heterocycles. The number of aromatic nitrogens is 1. The molecule has 3 atom stereocenters. The van der Waals surface area contributed by atoms with Gasteiger partial charge in [0.05, 0.1) is 12.7 Å². The van der Waals surface area contributed by atoms with Crippen molar-refractivity contribution in [2.45, 2.75) is 31.9 Å². The van der Waals surface area contributed by atoms with Crippen molar-refractivity contribution in [1.29, 1.82) is 0 Å². The molecule has 0 radical (unpaired) electrons. The molecule has 0 saturated carbocycles. The molecule has 3 unspecified atom stereocenters. The van der Waals surface area contributed by atoms with E-state index in [1.165, 1.54) is 5.56 Å². The highest BCUT2D eigenvalue weighted by Gasteiger charge is 2.28. The average molecular weight is 299 g/mol. The van der Waals surface area contributed by atoms with Gasteiger partial charge in [0.2, 0.25) is 0 Å². The molecule has 2 rings (SSSR count). The van der Waals surface area contributed by atoms with Crippen LogP contribution in [0.25, 0.3) is 0 Å². The number of hydrogen-bond donors (Lipinski definition) is 1. The van der Waals surface area contributed by atoms with Crippen LogP contribution < -0.4 is 5.32 Å². The van der Waals surface area contributed by atoms with Crippen molar-refractivity contribution in [3.05, 3.63) is 28.5 Å². The van der Waals surface area contributed by atoms with Crippen molar-refractivity contribution in [2.24, 2.45) is 5.92 Å². The van der Waals surface area contributed by atoms with Crippen LogP contribution in [0, 0.1) is 5.92 Å². The zero-order valence-corrected chi connectivity index (χ0v) is 11.9. The van der Waals surface area contributed by atoms with E-state index in [-0.39, 0.29) is 0 Å². The van der Waals surface area contributed by atoms with E-state index in [1.54, 1.807) is 0 Å². The molecule has 1 aliphatic rings. The van der Waals surface area contributed by atoms with Gasteiger partial charge in [0.25, 0.3) is 0 Å². The van der Waals surface area contributed by atoms with Gasteiger partial charge in [0.15, 0.2) is 0 Å². The summed E-state index contributed by atoms with van der Waals surface area (Å²) in [4.78, 5) is 4.21. The second kappa shape index (κ2) is 5.94. The minimum Gasteiger partial charge on any atom is -0.378 e. The molecular weight excluding hydrogens is 280 g/mol. The van der Waals surface area contributed by atoms with Crippen molar-refractivity contribution in [3.63, 3.8) is 0 Å². The van der Waals surface area contributed by atoms with Crippen LogP contribution in [0.2, 0.25) is 0 Å². The third-order valence-corrected chi connectivity index (χ3v) is 3.82. The van der Waals surface area contributed by atoms with E-state index in [9.17, 15) is 0 Å². The maximum absolute atomic E-state index is 5.64. The number of halogens is 1. The Hall–Kier alpha value is -0.450. The predicted octanol–water partition coefficient (Wildman–Crippen LogP) is 2.40. The van der Waals surface area contributed by atoms with Gasteiger partial charge >= 0.3 is 0 Å². The lowest BCUT2D eigenvalue weighted by Crippen LogP contribution is -2.36. The first-order valence-electron chi connectivity index (χ1n) is 6.07. The van der Waals surface area contributed by atoms with Crippen LogP contribution in [-0.2, 0) is 11.2 Å². The summed E-state index contributed by atoms with van der Waals surface area (Å²) in [6.45, 7) is 3.02. The zero-order valence-electron chi connectivity index (χ0n) is 10.3. The molecule has 1 fully saturated rings. The van der Waals surface area contributed by atoms with Crippen molar-refractivity contribution < 1.29 is 4.74 Å². The quantitative estimate of drug-likeness (QED) is 0.927. The van der Waals surface area contributed by atoms with Crippen LogP contribution in [0.3, 0.4) is 0 Å². The minimum absolute atomic E-state index is 0.400. The second-order valence-corrected chi connectivity index (χ2v) is 5.67. The fourth-order valence-corrected chi connectivity index (χ4v) is 2.87. The molecular formula is C13H19BrN2O. The molecule has 0 aromatic carbocycles. The number of pyridine rings is 1. The number of ether oxygens (including phenoxy) is 1. The van der Waals surface area contributed by atoms with Gasteiger partial charge in [-0.1, -0.05) is 0 Å². The second-order valence-electron chi connectivity index (χ2n) is 4.75. The Labute approximate surface area is 111 Å². The van der Waals surface area contributed by atoms with Crippen LogP contribution in [0.1, 0.15) is 18.9 Å².